The molecule has 2 fully saturated rings. The van der Waals surface area contributed by atoms with Crippen molar-refractivity contribution in [2.24, 2.45) is 5.92 Å². The van der Waals surface area contributed by atoms with E-state index in [1.807, 2.05) is 12.1 Å². The molecule has 1 aromatic carbocycles. The number of rotatable bonds is 2. The number of nitrogens with zero attached hydrogens (tertiary/aromatic N) is 1. The number of ether oxygens (including phenoxy) is 1. The zero-order valence-electron chi connectivity index (χ0n) is 12.0. The summed E-state index contributed by atoms with van der Waals surface area (Å²) in [4.78, 5) is 14.2. The zero-order chi connectivity index (χ0) is 14.1. The average Bonchev–Trinajstić information content (AvgIpc) is 2.95. The molecule has 2 N–H and O–H groups in total. The number of fused-ring (bicyclic) bond motifs is 1. The number of methoxy groups -OCH3 is 1. The lowest BCUT2D eigenvalue weighted by Gasteiger charge is -2.40. The van der Waals surface area contributed by atoms with E-state index in [0.717, 1.165) is 18.2 Å². The number of hydrogen-bond donors (Lipinski definition) is 1. The molecule has 1 aliphatic carbocycles. The van der Waals surface area contributed by atoms with Crippen LogP contribution in [-0.4, -0.2) is 25.7 Å². The van der Waals surface area contributed by atoms with E-state index in [0.29, 0.717) is 17.3 Å². The van der Waals surface area contributed by atoms with E-state index in [9.17, 15) is 4.79 Å². The van der Waals surface area contributed by atoms with Crippen molar-refractivity contribution >= 4 is 17.3 Å². The number of anilines is 2. The monoisotopic (exact) mass is 274 g/mol. The molecule has 4 heteroatoms. The van der Waals surface area contributed by atoms with Crippen LogP contribution >= 0.6 is 0 Å². The predicted octanol–water partition coefficient (Wildman–Crippen LogP) is 2.82. The Balaban J connectivity index is 1.95. The molecular weight excluding hydrogens is 252 g/mol. The highest BCUT2D eigenvalue weighted by Crippen LogP contribution is 2.41. The Morgan fingerprint density at radius 1 is 1.30 bits per heavy atom. The molecule has 0 bridgehead atoms. The van der Waals surface area contributed by atoms with Gasteiger partial charge in [0.15, 0.2) is 0 Å². The lowest BCUT2D eigenvalue weighted by molar-refractivity contribution is 0.0602. The van der Waals surface area contributed by atoms with Gasteiger partial charge in [0, 0.05) is 12.6 Å². The topological polar surface area (TPSA) is 55.6 Å². The van der Waals surface area contributed by atoms with Crippen LogP contribution in [0.4, 0.5) is 11.4 Å². The van der Waals surface area contributed by atoms with Crippen LogP contribution in [0.1, 0.15) is 42.5 Å². The summed E-state index contributed by atoms with van der Waals surface area (Å²) in [5.41, 5.74) is 8.27. The fourth-order valence-corrected chi connectivity index (χ4v) is 3.84. The molecule has 1 saturated carbocycles. The maximum Gasteiger partial charge on any atom is 0.340 e. The molecule has 20 heavy (non-hydrogen) atoms. The minimum atomic E-state index is -0.357. The summed E-state index contributed by atoms with van der Waals surface area (Å²) in [7, 11) is 1.39. The maximum absolute atomic E-state index is 11.8. The van der Waals surface area contributed by atoms with E-state index >= 15 is 0 Å². The third kappa shape index (κ3) is 2.13. The predicted molar refractivity (Wildman–Crippen MR) is 79.9 cm³/mol. The molecule has 1 saturated heterocycles. The highest BCUT2D eigenvalue weighted by molar-refractivity contribution is 5.98. The average molecular weight is 274 g/mol. The van der Waals surface area contributed by atoms with E-state index in [1.165, 1.54) is 39.2 Å². The van der Waals surface area contributed by atoms with Gasteiger partial charge in [0.25, 0.3) is 0 Å². The second-order valence-corrected chi connectivity index (χ2v) is 5.82. The van der Waals surface area contributed by atoms with Crippen LogP contribution in [0.25, 0.3) is 0 Å². The molecular formula is C16H22N2O2. The zero-order valence-corrected chi connectivity index (χ0v) is 12.0. The van der Waals surface area contributed by atoms with Crippen molar-refractivity contribution < 1.29 is 9.53 Å². The Morgan fingerprint density at radius 2 is 2.10 bits per heavy atom. The number of esters is 1. The SMILES string of the molecule is COC(=O)c1cccc(N2CCCC3CCCC32)c1N. The molecule has 4 nitrogen and oxygen atoms in total. The van der Waals surface area contributed by atoms with Crippen LogP contribution in [0.2, 0.25) is 0 Å². The number of carbonyl (C=O) groups excluding carboxylic acids is 1. The van der Waals surface area contributed by atoms with Crippen molar-refractivity contribution in [3.05, 3.63) is 23.8 Å². The molecule has 0 aromatic heterocycles. The van der Waals surface area contributed by atoms with Crippen molar-refractivity contribution in [1.29, 1.82) is 0 Å². The molecule has 0 amide bonds. The van der Waals surface area contributed by atoms with Gasteiger partial charge in [-0.15, -0.1) is 0 Å². The lowest BCUT2D eigenvalue weighted by atomic mass is 9.91. The summed E-state index contributed by atoms with van der Waals surface area (Å²) < 4.78 is 4.81. The van der Waals surface area contributed by atoms with Crippen LogP contribution in [0.3, 0.4) is 0 Å². The van der Waals surface area contributed by atoms with E-state index in [2.05, 4.69) is 4.90 Å². The third-order valence-electron chi connectivity index (χ3n) is 4.79. The van der Waals surface area contributed by atoms with E-state index in [-0.39, 0.29) is 5.97 Å². The Labute approximate surface area is 119 Å². The third-order valence-corrected chi connectivity index (χ3v) is 4.79. The Bertz CT molecular complexity index is 515. The molecule has 0 radical (unpaired) electrons. The summed E-state index contributed by atoms with van der Waals surface area (Å²) >= 11 is 0. The second-order valence-electron chi connectivity index (χ2n) is 5.82. The van der Waals surface area contributed by atoms with Crippen LogP contribution in [-0.2, 0) is 4.74 Å². The standard InChI is InChI=1S/C16H22N2O2/c1-20-16(19)12-7-3-9-14(15(12)17)18-10-4-6-11-5-2-8-13(11)18/h3,7,9,11,13H,2,4-6,8,10,17H2,1H3. The molecule has 1 aliphatic heterocycles. The number of piperidine rings is 1. The van der Waals surface area contributed by atoms with Gasteiger partial charge < -0.3 is 15.4 Å². The first kappa shape index (κ1) is 13.3. The van der Waals surface area contributed by atoms with Gasteiger partial charge in [0.1, 0.15) is 0 Å². The number of benzene rings is 1. The van der Waals surface area contributed by atoms with Crippen molar-refractivity contribution in [2.75, 3.05) is 24.3 Å². The van der Waals surface area contributed by atoms with Gasteiger partial charge in [0.05, 0.1) is 24.0 Å². The Kier molecular flexibility index (Phi) is 3.55. The van der Waals surface area contributed by atoms with Crippen molar-refractivity contribution in [2.45, 2.75) is 38.1 Å². The highest BCUT2D eigenvalue weighted by Gasteiger charge is 2.36. The van der Waals surface area contributed by atoms with E-state index < -0.39 is 0 Å². The van der Waals surface area contributed by atoms with Crippen LogP contribution in [0.5, 0.6) is 0 Å². The lowest BCUT2D eigenvalue weighted by Crippen LogP contribution is -2.43. The number of nitrogen functional groups attached to an aromatic ring is 1. The Hall–Kier alpha value is -1.71. The first-order chi connectivity index (χ1) is 9.72. The number of hydrogen-bond acceptors (Lipinski definition) is 4. The molecule has 2 aliphatic rings. The van der Waals surface area contributed by atoms with Gasteiger partial charge in [-0.1, -0.05) is 12.5 Å². The van der Waals surface area contributed by atoms with Gasteiger partial charge in [-0.3, -0.25) is 0 Å². The van der Waals surface area contributed by atoms with Gasteiger partial charge in [0.2, 0.25) is 0 Å². The highest BCUT2D eigenvalue weighted by atomic mass is 16.5. The summed E-state index contributed by atoms with van der Waals surface area (Å²) in [6, 6.07) is 6.26. The van der Waals surface area contributed by atoms with E-state index in [1.54, 1.807) is 6.07 Å². The Morgan fingerprint density at radius 3 is 2.90 bits per heavy atom. The van der Waals surface area contributed by atoms with Crippen LogP contribution in [0.15, 0.2) is 18.2 Å². The number of para-hydroxylation sites is 1. The molecule has 108 valence electrons. The molecule has 1 heterocycles. The minimum Gasteiger partial charge on any atom is -0.465 e. The van der Waals surface area contributed by atoms with Gasteiger partial charge in [-0.25, -0.2) is 4.79 Å². The van der Waals surface area contributed by atoms with Crippen molar-refractivity contribution in [1.82, 2.24) is 0 Å². The summed E-state index contributed by atoms with van der Waals surface area (Å²) in [5.74, 6) is 0.439. The quantitative estimate of drug-likeness (QED) is 0.665. The number of carbonyl (C=O) groups is 1. The first-order valence-corrected chi connectivity index (χ1v) is 7.46. The normalized spacial score (nSPS) is 25.4. The van der Waals surface area contributed by atoms with Crippen molar-refractivity contribution in [3.8, 4) is 0 Å². The van der Waals surface area contributed by atoms with Crippen LogP contribution in [0, 0.1) is 5.92 Å². The van der Waals surface area contributed by atoms with Crippen LogP contribution < -0.4 is 10.6 Å². The fourth-order valence-electron chi connectivity index (χ4n) is 3.84. The van der Waals surface area contributed by atoms with Crippen molar-refractivity contribution in [3.63, 3.8) is 0 Å². The maximum atomic E-state index is 11.8. The molecule has 0 spiro atoms. The smallest absolute Gasteiger partial charge is 0.340 e. The molecule has 1 aromatic rings. The molecule has 2 atom stereocenters. The van der Waals surface area contributed by atoms with E-state index in [4.69, 9.17) is 10.5 Å². The number of nitrogens with two attached hydrogens (primary N) is 1. The largest absolute Gasteiger partial charge is 0.465 e. The summed E-state index contributed by atoms with van der Waals surface area (Å²) in [6.45, 7) is 1.04. The second kappa shape index (κ2) is 5.35. The fraction of sp³-hybridized carbons (Fsp3) is 0.562. The first-order valence-electron chi connectivity index (χ1n) is 7.46. The summed E-state index contributed by atoms with van der Waals surface area (Å²) in [5, 5.41) is 0. The minimum absolute atomic E-state index is 0.357. The van der Waals surface area contributed by atoms with Gasteiger partial charge in [-0.2, -0.15) is 0 Å². The van der Waals surface area contributed by atoms with Gasteiger partial charge in [-0.05, 0) is 43.7 Å². The van der Waals surface area contributed by atoms with Gasteiger partial charge >= 0.3 is 5.97 Å². The summed E-state index contributed by atoms with van der Waals surface area (Å²) in [6.07, 6.45) is 6.42. The molecule has 3 rings (SSSR count). The molecule has 2 unspecified atom stereocenters.